The van der Waals surface area contributed by atoms with E-state index in [4.69, 9.17) is 0 Å². The summed E-state index contributed by atoms with van der Waals surface area (Å²) < 4.78 is 1.27. The van der Waals surface area contributed by atoms with Crippen LogP contribution in [0.1, 0.15) is 13.0 Å². The molecular formula is C17H21N5O2. The van der Waals surface area contributed by atoms with Gasteiger partial charge in [0.05, 0.1) is 5.69 Å². The topological polar surface area (TPSA) is 71.3 Å². The second kappa shape index (κ2) is 6.92. The Morgan fingerprint density at radius 1 is 1.17 bits per heavy atom. The van der Waals surface area contributed by atoms with Gasteiger partial charge in [-0.25, -0.2) is 4.68 Å². The second-order valence-corrected chi connectivity index (χ2v) is 6.05. The lowest BCUT2D eigenvalue weighted by atomic mass is 10.2. The fraction of sp³-hybridized carbons (Fsp3) is 0.412. The van der Waals surface area contributed by atoms with E-state index >= 15 is 0 Å². The van der Waals surface area contributed by atoms with E-state index in [9.17, 15) is 9.59 Å². The Labute approximate surface area is 140 Å². The van der Waals surface area contributed by atoms with E-state index in [1.165, 1.54) is 10.7 Å². The number of aromatic nitrogens is 3. The summed E-state index contributed by atoms with van der Waals surface area (Å²) >= 11 is 0. The lowest BCUT2D eigenvalue weighted by molar-refractivity contribution is -0.136. The highest BCUT2D eigenvalue weighted by molar-refractivity contribution is 5.80. The maximum absolute atomic E-state index is 12.7. The Hall–Kier alpha value is -2.54. The molecule has 1 atom stereocenters. The molecule has 0 spiro atoms. The van der Waals surface area contributed by atoms with Crippen molar-refractivity contribution in [1.82, 2.24) is 24.6 Å². The van der Waals surface area contributed by atoms with Crippen LogP contribution in [0.4, 0.5) is 0 Å². The molecule has 1 fully saturated rings. The fourth-order valence-electron chi connectivity index (χ4n) is 2.77. The van der Waals surface area contributed by atoms with Crippen molar-refractivity contribution in [2.45, 2.75) is 13.0 Å². The van der Waals surface area contributed by atoms with Crippen molar-refractivity contribution in [2.24, 2.45) is 0 Å². The molecule has 0 radical (unpaired) electrons. The van der Waals surface area contributed by atoms with Crippen LogP contribution in [0.5, 0.6) is 0 Å². The van der Waals surface area contributed by atoms with Gasteiger partial charge in [0, 0.05) is 50.2 Å². The standard InChI is InChI=1S/C17H21N5O2/c1-13(17(24)21-10-8-20(2)9-11-21)22-16(23)6-5-15(19-22)14-4-3-7-18-12-14/h3-7,12-13H,8-11H2,1-2H3. The van der Waals surface area contributed by atoms with Gasteiger partial charge in [-0.05, 0) is 32.2 Å². The van der Waals surface area contributed by atoms with Crippen molar-refractivity contribution in [3.05, 3.63) is 47.0 Å². The maximum atomic E-state index is 12.7. The highest BCUT2D eigenvalue weighted by atomic mass is 16.2. The smallest absolute Gasteiger partial charge is 0.267 e. The van der Waals surface area contributed by atoms with Crippen molar-refractivity contribution >= 4 is 5.91 Å². The number of carbonyl (C=O) groups excluding carboxylic acids is 1. The van der Waals surface area contributed by atoms with Crippen LogP contribution in [0, 0.1) is 0 Å². The summed E-state index contributed by atoms with van der Waals surface area (Å²) in [6, 6.07) is 6.16. The molecule has 3 rings (SSSR count). The third-order valence-corrected chi connectivity index (χ3v) is 4.32. The van der Waals surface area contributed by atoms with Gasteiger partial charge in [-0.3, -0.25) is 14.6 Å². The van der Waals surface area contributed by atoms with Crippen LogP contribution < -0.4 is 5.56 Å². The summed E-state index contributed by atoms with van der Waals surface area (Å²) in [7, 11) is 2.04. The van der Waals surface area contributed by atoms with Gasteiger partial charge in [-0.2, -0.15) is 5.10 Å². The van der Waals surface area contributed by atoms with Crippen molar-refractivity contribution < 1.29 is 4.79 Å². The zero-order valence-electron chi connectivity index (χ0n) is 13.9. The van der Waals surface area contributed by atoms with E-state index in [1.807, 2.05) is 19.2 Å². The molecule has 126 valence electrons. The molecule has 3 heterocycles. The molecule has 1 unspecified atom stereocenters. The van der Waals surface area contributed by atoms with E-state index in [0.717, 1.165) is 18.7 Å². The average Bonchev–Trinajstić information content (AvgIpc) is 2.62. The SMILES string of the molecule is CC(C(=O)N1CCN(C)CC1)n1nc(-c2cccnc2)ccc1=O. The number of pyridine rings is 1. The third kappa shape index (κ3) is 3.35. The number of hydrogen-bond donors (Lipinski definition) is 0. The molecule has 1 amide bonds. The van der Waals surface area contributed by atoms with E-state index in [0.29, 0.717) is 18.8 Å². The Morgan fingerprint density at radius 3 is 2.58 bits per heavy atom. The van der Waals surface area contributed by atoms with Gasteiger partial charge in [-0.1, -0.05) is 0 Å². The van der Waals surface area contributed by atoms with Crippen molar-refractivity contribution in [2.75, 3.05) is 33.2 Å². The highest BCUT2D eigenvalue weighted by Gasteiger charge is 2.26. The predicted molar refractivity (Wildman–Crippen MR) is 90.5 cm³/mol. The minimum atomic E-state index is -0.627. The first-order valence-electron chi connectivity index (χ1n) is 8.04. The van der Waals surface area contributed by atoms with Crippen LogP contribution in [0.3, 0.4) is 0 Å². The number of nitrogens with zero attached hydrogens (tertiary/aromatic N) is 5. The summed E-state index contributed by atoms with van der Waals surface area (Å²) in [5.41, 5.74) is 1.16. The van der Waals surface area contributed by atoms with Crippen LogP contribution in [0.15, 0.2) is 41.5 Å². The molecule has 7 nitrogen and oxygen atoms in total. The molecule has 1 aliphatic heterocycles. The molecular weight excluding hydrogens is 306 g/mol. The average molecular weight is 327 g/mol. The monoisotopic (exact) mass is 327 g/mol. The number of hydrogen-bond acceptors (Lipinski definition) is 5. The summed E-state index contributed by atoms with van der Waals surface area (Å²) in [6.07, 6.45) is 3.36. The zero-order chi connectivity index (χ0) is 17.1. The molecule has 24 heavy (non-hydrogen) atoms. The van der Waals surface area contributed by atoms with E-state index < -0.39 is 6.04 Å². The van der Waals surface area contributed by atoms with Crippen LogP contribution in [-0.2, 0) is 4.79 Å². The minimum absolute atomic E-state index is 0.0685. The molecule has 7 heteroatoms. The van der Waals surface area contributed by atoms with Gasteiger partial charge >= 0.3 is 0 Å². The van der Waals surface area contributed by atoms with Gasteiger partial charge in [0.1, 0.15) is 6.04 Å². The van der Waals surface area contributed by atoms with Gasteiger partial charge in [-0.15, -0.1) is 0 Å². The fourth-order valence-corrected chi connectivity index (χ4v) is 2.77. The van der Waals surface area contributed by atoms with Gasteiger partial charge in [0.15, 0.2) is 0 Å². The number of likely N-dealkylation sites (N-methyl/N-ethyl adjacent to an activating group) is 1. The predicted octanol–water partition coefficient (Wildman–Crippen LogP) is 0.640. The Balaban J connectivity index is 1.85. The molecule has 2 aromatic heterocycles. The van der Waals surface area contributed by atoms with Crippen molar-refractivity contribution in [1.29, 1.82) is 0 Å². The maximum Gasteiger partial charge on any atom is 0.267 e. The molecule has 0 aliphatic carbocycles. The second-order valence-electron chi connectivity index (χ2n) is 6.05. The number of amides is 1. The van der Waals surface area contributed by atoms with Gasteiger partial charge in [0.25, 0.3) is 5.56 Å². The molecule has 0 bridgehead atoms. The van der Waals surface area contributed by atoms with Gasteiger partial charge in [0.2, 0.25) is 5.91 Å². The van der Waals surface area contributed by atoms with E-state index in [1.54, 1.807) is 30.3 Å². The lowest BCUT2D eigenvalue weighted by Gasteiger charge is -2.34. The molecule has 1 saturated heterocycles. The number of rotatable bonds is 3. The van der Waals surface area contributed by atoms with Crippen LogP contribution in [-0.4, -0.2) is 63.7 Å². The lowest BCUT2D eigenvalue weighted by Crippen LogP contribution is -2.49. The minimum Gasteiger partial charge on any atom is -0.338 e. The summed E-state index contributed by atoms with van der Waals surface area (Å²) in [5.74, 6) is -0.0685. The van der Waals surface area contributed by atoms with E-state index in [-0.39, 0.29) is 11.5 Å². The molecule has 2 aromatic rings. The Kier molecular flexibility index (Phi) is 4.71. The van der Waals surface area contributed by atoms with Crippen LogP contribution in [0.2, 0.25) is 0 Å². The molecule has 0 N–H and O–H groups in total. The number of piperazine rings is 1. The van der Waals surface area contributed by atoms with Crippen LogP contribution in [0.25, 0.3) is 11.3 Å². The third-order valence-electron chi connectivity index (χ3n) is 4.32. The van der Waals surface area contributed by atoms with Crippen molar-refractivity contribution in [3.8, 4) is 11.3 Å². The highest BCUT2D eigenvalue weighted by Crippen LogP contribution is 2.15. The quantitative estimate of drug-likeness (QED) is 0.827. The normalized spacial score (nSPS) is 16.8. The van der Waals surface area contributed by atoms with Gasteiger partial charge < -0.3 is 9.80 Å². The Bertz CT molecular complexity index is 766. The largest absolute Gasteiger partial charge is 0.338 e. The zero-order valence-corrected chi connectivity index (χ0v) is 13.9. The summed E-state index contributed by atoms with van der Waals surface area (Å²) in [5, 5.41) is 4.38. The molecule has 0 saturated carbocycles. The first-order valence-corrected chi connectivity index (χ1v) is 8.04. The van der Waals surface area contributed by atoms with E-state index in [2.05, 4.69) is 15.0 Å². The van der Waals surface area contributed by atoms with Crippen LogP contribution >= 0.6 is 0 Å². The number of carbonyl (C=O) groups is 1. The Morgan fingerprint density at radius 2 is 1.92 bits per heavy atom. The molecule has 1 aliphatic rings. The summed E-state index contributed by atoms with van der Waals surface area (Å²) in [4.78, 5) is 32.9. The first kappa shape index (κ1) is 16.3. The van der Waals surface area contributed by atoms with Crippen molar-refractivity contribution in [3.63, 3.8) is 0 Å². The first-order chi connectivity index (χ1) is 11.6. The summed E-state index contributed by atoms with van der Waals surface area (Å²) in [6.45, 7) is 4.77. The molecule has 0 aromatic carbocycles.